The Morgan fingerprint density at radius 2 is 1.91 bits per heavy atom. The molecule has 0 amide bonds. The van der Waals surface area contributed by atoms with Crippen LogP contribution in [0.2, 0.25) is 0 Å². The Morgan fingerprint density at radius 1 is 1.26 bits per heavy atom. The van der Waals surface area contributed by atoms with Crippen molar-refractivity contribution in [2.45, 2.75) is 44.2 Å². The maximum Gasteiger partial charge on any atom is 0.337 e. The number of aliphatic hydroxyl groups is 1. The van der Waals surface area contributed by atoms with E-state index in [1.165, 1.54) is 39.2 Å². The number of methoxy groups -OCH3 is 1. The van der Waals surface area contributed by atoms with E-state index < -0.39 is 6.10 Å². The SMILES string of the molecule is COC(=O)c1ccc(OCC(O)CN(C)C2CCCCC2)cc1. The molecule has 1 aromatic rings. The largest absolute Gasteiger partial charge is 0.491 e. The Balaban J connectivity index is 1.75. The predicted molar refractivity (Wildman–Crippen MR) is 88.8 cm³/mol. The molecule has 1 saturated carbocycles. The fraction of sp³-hybridized carbons (Fsp3) is 0.611. The fourth-order valence-electron chi connectivity index (χ4n) is 3.05. The van der Waals surface area contributed by atoms with Gasteiger partial charge in [-0.25, -0.2) is 4.79 Å². The molecule has 1 fully saturated rings. The van der Waals surface area contributed by atoms with Crippen molar-refractivity contribution >= 4 is 5.97 Å². The summed E-state index contributed by atoms with van der Waals surface area (Å²) in [6.07, 6.45) is 5.82. The zero-order valence-electron chi connectivity index (χ0n) is 14.0. The van der Waals surface area contributed by atoms with Crippen molar-refractivity contribution < 1.29 is 19.4 Å². The first-order valence-corrected chi connectivity index (χ1v) is 8.29. The lowest BCUT2D eigenvalue weighted by Gasteiger charge is -2.32. The minimum Gasteiger partial charge on any atom is -0.491 e. The van der Waals surface area contributed by atoms with E-state index in [0.717, 1.165) is 0 Å². The highest BCUT2D eigenvalue weighted by atomic mass is 16.5. The van der Waals surface area contributed by atoms with Crippen molar-refractivity contribution in [1.29, 1.82) is 0 Å². The summed E-state index contributed by atoms with van der Waals surface area (Å²) in [7, 11) is 3.43. The van der Waals surface area contributed by atoms with E-state index in [4.69, 9.17) is 4.74 Å². The van der Waals surface area contributed by atoms with Gasteiger partial charge in [0.1, 0.15) is 18.5 Å². The number of ether oxygens (including phenoxy) is 2. The number of esters is 1. The van der Waals surface area contributed by atoms with Crippen LogP contribution in [-0.4, -0.2) is 55.4 Å². The Labute approximate surface area is 138 Å². The van der Waals surface area contributed by atoms with Gasteiger partial charge in [-0.1, -0.05) is 19.3 Å². The molecule has 1 aliphatic carbocycles. The van der Waals surface area contributed by atoms with E-state index in [1.54, 1.807) is 24.3 Å². The monoisotopic (exact) mass is 321 g/mol. The van der Waals surface area contributed by atoms with Crippen molar-refractivity contribution in [3.8, 4) is 5.75 Å². The normalized spacial score (nSPS) is 17.0. The topological polar surface area (TPSA) is 59.0 Å². The van der Waals surface area contributed by atoms with Crippen molar-refractivity contribution in [2.24, 2.45) is 0 Å². The highest BCUT2D eigenvalue weighted by molar-refractivity contribution is 5.89. The standard InChI is InChI=1S/C18H27NO4/c1-19(15-6-4-3-5-7-15)12-16(20)13-23-17-10-8-14(9-11-17)18(21)22-2/h8-11,15-16,20H,3-7,12-13H2,1-2H3. The summed E-state index contributed by atoms with van der Waals surface area (Å²) in [6, 6.07) is 7.31. The Kier molecular flexibility index (Phi) is 6.86. The quantitative estimate of drug-likeness (QED) is 0.782. The average molecular weight is 321 g/mol. The van der Waals surface area contributed by atoms with Crippen molar-refractivity contribution in [2.75, 3.05) is 27.3 Å². The molecule has 1 N–H and O–H groups in total. The maximum atomic E-state index is 11.4. The summed E-state index contributed by atoms with van der Waals surface area (Å²) in [5, 5.41) is 10.2. The van der Waals surface area contributed by atoms with Crippen LogP contribution >= 0.6 is 0 Å². The maximum absolute atomic E-state index is 11.4. The van der Waals surface area contributed by atoms with Crippen LogP contribution in [0.25, 0.3) is 0 Å². The molecule has 0 saturated heterocycles. The molecule has 1 aromatic carbocycles. The smallest absolute Gasteiger partial charge is 0.337 e. The number of hydrogen-bond donors (Lipinski definition) is 1. The number of benzene rings is 1. The average Bonchev–Trinajstić information content (AvgIpc) is 2.60. The first kappa shape index (κ1) is 17.8. The molecule has 0 spiro atoms. The number of likely N-dealkylation sites (N-methyl/N-ethyl adjacent to an activating group) is 1. The summed E-state index contributed by atoms with van der Waals surface area (Å²) in [4.78, 5) is 13.6. The molecule has 0 bridgehead atoms. The Bertz CT molecular complexity index is 482. The zero-order chi connectivity index (χ0) is 16.7. The van der Waals surface area contributed by atoms with Crippen LogP contribution in [0.15, 0.2) is 24.3 Å². The van der Waals surface area contributed by atoms with E-state index >= 15 is 0 Å². The van der Waals surface area contributed by atoms with E-state index in [2.05, 4.69) is 16.7 Å². The molecule has 1 unspecified atom stereocenters. The molecule has 0 aromatic heterocycles. The van der Waals surface area contributed by atoms with Gasteiger partial charge in [-0.3, -0.25) is 0 Å². The molecule has 5 nitrogen and oxygen atoms in total. The minimum atomic E-state index is -0.526. The zero-order valence-corrected chi connectivity index (χ0v) is 14.0. The lowest BCUT2D eigenvalue weighted by Crippen LogP contribution is -2.40. The van der Waals surface area contributed by atoms with Crippen LogP contribution in [0.5, 0.6) is 5.75 Å². The molecule has 0 radical (unpaired) electrons. The molecule has 128 valence electrons. The van der Waals surface area contributed by atoms with Crippen LogP contribution in [-0.2, 0) is 4.74 Å². The number of aliphatic hydroxyl groups excluding tert-OH is 1. The van der Waals surface area contributed by atoms with E-state index in [9.17, 15) is 9.90 Å². The summed E-state index contributed by atoms with van der Waals surface area (Å²) >= 11 is 0. The Hall–Kier alpha value is -1.59. The van der Waals surface area contributed by atoms with Gasteiger partial charge in [-0.05, 0) is 44.2 Å². The third-order valence-corrected chi connectivity index (χ3v) is 4.41. The second kappa shape index (κ2) is 8.89. The summed E-state index contributed by atoms with van der Waals surface area (Å²) in [5.41, 5.74) is 0.484. The molecule has 0 heterocycles. The molecule has 2 rings (SSSR count). The lowest BCUT2D eigenvalue weighted by atomic mass is 9.94. The van der Waals surface area contributed by atoms with Gasteiger partial charge in [0, 0.05) is 12.6 Å². The van der Waals surface area contributed by atoms with E-state index in [1.807, 2.05) is 0 Å². The van der Waals surface area contributed by atoms with Crippen LogP contribution in [0, 0.1) is 0 Å². The predicted octanol–water partition coefficient (Wildman–Crippen LogP) is 2.48. The van der Waals surface area contributed by atoms with Gasteiger partial charge in [0.15, 0.2) is 0 Å². The van der Waals surface area contributed by atoms with E-state index in [-0.39, 0.29) is 12.6 Å². The van der Waals surface area contributed by atoms with Gasteiger partial charge in [0.05, 0.1) is 12.7 Å². The number of rotatable bonds is 7. The first-order chi connectivity index (χ1) is 11.1. The summed E-state index contributed by atoms with van der Waals surface area (Å²) in [5.74, 6) is 0.266. The third kappa shape index (κ3) is 5.52. The molecule has 0 aliphatic heterocycles. The minimum absolute atomic E-state index is 0.245. The third-order valence-electron chi connectivity index (χ3n) is 4.41. The fourth-order valence-corrected chi connectivity index (χ4v) is 3.05. The van der Waals surface area contributed by atoms with Crippen LogP contribution in [0.3, 0.4) is 0 Å². The van der Waals surface area contributed by atoms with Crippen LogP contribution in [0.1, 0.15) is 42.5 Å². The molecule has 1 atom stereocenters. The van der Waals surface area contributed by atoms with Gasteiger partial charge < -0.3 is 19.5 Å². The van der Waals surface area contributed by atoms with Gasteiger partial charge in [-0.2, -0.15) is 0 Å². The number of carbonyl (C=O) groups excluding carboxylic acids is 1. The number of carbonyl (C=O) groups is 1. The highest BCUT2D eigenvalue weighted by Crippen LogP contribution is 2.21. The molecular formula is C18H27NO4. The van der Waals surface area contributed by atoms with E-state index in [0.29, 0.717) is 23.9 Å². The van der Waals surface area contributed by atoms with Crippen LogP contribution in [0.4, 0.5) is 0 Å². The van der Waals surface area contributed by atoms with Crippen LogP contribution < -0.4 is 4.74 Å². The van der Waals surface area contributed by atoms with Gasteiger partial charge in [0.2, 0.25) is 0 Å². The van der Waals surface area contributed by atoms with Gasteiger partial charge in [-0.15, -0.1) is 0 Å². The summed E-state index contributed by atoms with van der Waals surface area (Å²) < 4.78 is 10.2. The second-order valence-electron chi connectivity index (χ2n) is 6.21. The first-order valence-electron chi connectivity index (χ1n) is 8.29. The Morgan fingerprint density at radius 3 is 2.52 bits per heavy atom. The summed E-state index contributed by atoms with van der Waals surface area (Å²) in [6.45, 7) is 0.861. The molecule has 1 aliphatic rings. The lowest BCUT2D eigenvalue weighted by molar-refractivity contribution is 0.0559. The van der Waals surface area contributed by atoms with Gasteiger partial charge in [0.25, 0.3) is 0 Å². The number of hydrogen-bond acceptors (Lipinski definition) is 5. The van der Waals surface area contributed by atoms with Crippen molar-refractivity contribution in [1.82, 2.24) is 4.90 Å². The van der Waals surface area contributed by atoms with Crippen molar-refractivity contribution in [3.05, 3.63) is 29.8 Å². The second-order valence-corrected chi connectivity index (χ2v) is 6.21. The highest BCUT2D eigenvalue weighted by Gasteiger charge is 2.20. The number of nitrogens with zero attached hydrogens (tertiary/aromatic N) is 1. The van der Waals surface area contributed by atoms with Gasteiger partial charge >= 0.3 is 5.97 Å². The molecule has 23 heavy (non-hydrogen) atoms. The molecule has 5 heteroatoms. The molecular weight excluding hydrogens is 294 g/mol. The van der Waals surface area contributed by atoms with Crippen molar-refractivity contribution in [3.63, 3.8) is 0 Å².